The number of ether oxygens (including phenoxy) is 1. The van der Waals surface area contributed by atoms with Crippen LogP contribution in [0.15, 0.2) is 72.8 Å². The Bertz CT molecular complexity index is 1200. The van der Waals surface area contributed by atoms with E-state index in [4.69, 9.17) is 4.74 Å². The average Bonchev–Trinajstić information content (AvgIpc) is 2.90. The fourth-order valence-electron chi connectivity index (χ4n) is 4.81. The highest BCUT2D eigenvalue weighted by Crippen LogP contribution is 2.30. The molecule has 0 radical (unpaired) electrons. The maximum atomic E-state index is 13.4. The van der Waals surface area contributed by atoms with Gasteiger partial charge in [-0.15, -0.1) is 0 Å². The number of rotatable bonds is 10. The monoisotopic (exact) mass is 499 g/mol. The molecule has 0 saturated carbocycles. The lowest BCUT2D eigenvalue weighted by Crippen LogP contribution is -2.54. The molecule has 1 saturated heterocycles. The van der Waals surface area contributed by atoms with E-state index < -0.39 is 0 Å². The number of benzene rings is 3. The summed E-state index contributed by atoms with van der Waals surface area (Å²) in [6, 6.07) is 24.6. The first-order valence-electron chi connectivity index (χ1n) is 13.1. The highest BCUT2D eigenvalue weighted by atomic mass is 16.5. The van der Waals surface area contributed by atoms with Crippen LogP contribution in [0.2, 0.25) is 0 Å². The molecular formula is C31H37N3O3. The van der Waals surface area contributed by atoms with Gasteiger partial charge in [0.15, 0.2) is 0 Å². The topological polar surface area (TPSA) is 70.7 Å². The average molecular weight is 500 g/mol. The van der Waals surface area contributed by atoms with E-state index in [-0.39, 0.29) is 17.9 Å². The third-order valence-corrected chi connectivity index (χ3v) is 6.78. The van der Waals surface area contributed by atoms with Crippen molar-refractivity contribution in [3.63, 3.8) is 0 Å². The first kappa shape index (κ1) is 26.4. The second-order valence-electron chi connectivity index (χ2n) is 9.69. The van der Waals surface area contributed by atoms with E-state index in [2.05, 4.69) is 51.9 Å². The first-order chi connectivity index (χ1) is 18.0. The number of aryl methyl sites for hydroxylation is 2. The highest BCUT2D eigenvalue weighted by Gasteiger charge is 2.26. The Balaban J connectivity index is 1.43. The summed E-state index contributed by atoms with van der Waals surface area (Å²) in [7, 11) is 0. The van der Waals surface area contributed by atoms with Crippen LogP contribution in [0.5, 0.6) is 11.5 Å². The number of nitrogens with zero attached hydrogens (tertiary/aromatic N) is 1. The van der Waals surface area contributed by atoms with E-state index in [9.17, 15) is 9.59 Å². The Morgan fingerprint density at radius 3 is 2.54 bits per heavy atom. The van der Waals surface area contributed by atoms with Gasteiger partial charge >= 0.3 is 0 Å². The molecule has 2 N–H and O–H groups in total. The van der Waals surface area contributed by atoms with Crippen LogP contribution >= 0.6 is 0 Å². The van der Waals surface area contributed by atoms with Gasteiger partial charge in [0, 0.05) is 45.6 Å². The van der Waals surface area contributed by atoms with Crippen LogP contribution in [0.3, 0.4) is 0 Å². The number of amides is 2. The Labute approximate surface area is 220 Å². The molecule has 6 nitrogen and oxygen atoms in total. The molecule has 1 heterocycles. The SMILES string of the molecule is CC(=O)NCCc1ccccc1Oc1cc(C)ccc1CCC(=O)N1CCNCC1Cc1ccccc1. The van der Waals surface area contributed by atoms with Crippen molar-refractivity contribution in [2.45, 2.75) is 45.6 Å². The summed E-state index contributed by atoms with van der Waals surface area (Å²) in [5.74, 6) is 1.70. The number of hydrogen-bond donors (Lipinski definition) is 2. The second-order valence-corrected chi connectivity index (χ2v) is 9.69. The molecule has 1 fully saturated rings. The molecule has 1 aliphatic rings. The van der Waals surface area contributed by atoms with Crippen molar-refractivity contribution >= 4 is 11.8 Å². The van der Waals surface area contributed by atoms with Gasteiger partial charge in [-0.2, -0.15) is 0 Å². The van der Waals surface area contributed by atoms with E-state index in [0.29, 0.717) is 25.8 Å². The summed E-state index contributed by atoms with van der Waals surface area (Å²) >= 11 is 0. The molecule has 4 rings (SSSR count). The van der Waals surface area contributed by atoms with Gasteiger partial charge in [-0.25, -0.2) is 0 Å². The van der Waals surface area contributed by atoms with Gasteiger partial charge < -0.3 is 20.3 Å². The van der Waals surface area contributed by atoms with Crippen molar-refractivity contribution in [1.82, 2.24) is 15.5 Å². The van der Waals surface area contributed by atoms with Crippen molar-refractivity contribution in [3.05, 3.63) is 95.1 Å². The lowest BCUT2D eigenvalue weighted by molar-refractivity contribution is -0.134. The van der Waals surface area contributed by atoms with Crippen LogP contribution in [0, 0.1) is 6.92 Å². The minimum absolute atomic E-state index is 0.0421. The Morgan fingerprint density at radius 2 is 1.73 bits per heavy atom. The lowest BCUT2D eigenvalue weighted by Gasteiger charge is -2.36. The summed E-state index contributed by atoms with van der Waals surface area (Å²) < 4.78 is 6.41. The third kappa shape index (κ3) is 7.67. The summed E-state index contributed by atoms with van der Waals surface area (Å²) in [5, 5.41) is 6.29. The maximum absolute atomic E-state index is 13.4. The number of carbonyl (C=O) groups excluding carboxylic acids is 2. The number of nitrogens with one attached hydrogen (secondary N) is 2. The van der Waals surface area contributed by atoms with Gasteiger partial charge in [-0.1, -0.05) is 60.7 Å². The van der Waals surface area contributed by atoms with Crippen LogP contribution in [-0.4, -0.2) is 48.9 Å². The van der Waals surface area contributed by atoms with E-state index >= 15 is 0 Å². The van der Waals surface area contributed by atoms with E-state index in [1.54, 1.807) is 0 Å². The largest absolute Gasteiger partial charge is 0.457 e. The molecule has 1 atom stereocenters. The van der Waals surface area contributed by atoms with E-state index in [1.165, 1.54) is 12.5 Å². The molecule has 0 bridgehead atoms. The van der Waals surface area contributed by atoms with Crippen molar-refractivity contribution in [2.75, 3.05) is 26.2 Å². The molecule has 194 valence electrons. The molecule has 37 heavy (non-hydrogen) atoms. The molecule has 6 heteroatoms. The van der Waals surface area contributed by atoms with Gasteiger partial charge in [-0.3, -0.25) is 9.59 Å². The quantitative estimate of drug-likeness (QED) is 0.433. The lowest BCUT2D eigenvalue weighted by atomic mass is 10.0. The smallest absolute Gasteiger partial charge is 0.223 e. The predicted molar refractivity (Wildman–Crippen MR) is 147 cm³/mol. The van der Waals surface area contributed by atoms with Gasteiger partial charge in [0.2, 0.25) is 11.8 Å². The third-order valence-electron chi connectivity index (χ3n) is 6.78. The van der Waals surface area contributed by atoms with E-state index in [1.807, 2.05) is 43.3 Å². The minimum Gasteiger partial charge on any atom is -0.457 e. The molecule has 3 aromatic rings. The molecule has 1 unspecified atom stereocenters. The van der Waals surface area contributed by atoms with Crippen LogP contribution in [-0.2, 0) is 28.9 Å². The van der Waals surface area contributed by atoms with Crippen molar-refractivity contribution < 1.29 is 14.3 Å². The zero-order valence-electron chi connectivity index (χ0n) is 21.8. The molecule has 3 aromatic carbocycles. The van der Waals surface area contributed by atoms with Gasteiger partial charge in [-0.05, 0) is 60.6 Å². The second kappa shape index (κ2) is 13.1. The molecular weight excluding hydrogens is 462 g/mol. The number of para-hydroxylation sites is 1. The first-order valence-corrected chi connectivity index (χ1v) is 13.1. The standard InChI is InChI=1S/C31H37N3O3/c1-23-12-13-27(30(20-23)37-29-11-7-6-10-26(29)16-17-33-24(2)35)14-15-31(36)34-19-18-32-22-28(34)21-25-8-4-3-5-9-25/h3-13,20,28,32H,14-19,21-22H2,1-2H3,(H,33,35). The molecule has 0 aromatic heterocycles. The maximum Gasteiger partial charge on any atom is 0.223 e. The normalized spacial score (nSPS) is 15.3. The number of carbonyl (C=O) groups is 2. The van der Waals surface area contributed by atoms with Crippen LogP contribution < -0.4 is 15.4 Å². The summed E-state index contributed by atoms with van der Waals surface area (Å²) in [4.78, 5) is 26.7. The summed E-state index contributed by atoms with van der Waals surface area (Å²) in [6.45, 7) is 6.49. The fourth-order valence-corrected chi connectivity index (χ4v) is 4.81. The summed E-state index contributed by atoms with van der Waals surface area (Å²) in [5.41, 5.74) is 4.40. The number of hydrogen-bond acceptors (Lipinski definition) is 4. The molecule has 0 spiro atoms. The van der Waals surface area contributed by atoms with Crippen LogP contribution in [0.25, 0.3) is 0 Å². The highest BCUT2D eigenvalue weighted by molar-refractivity contribution is 5.77. The Morgan fingerprint density at radius 1 is 0.973 bits per heavy atom. The summed E-state index contributed by atoms with van der Waals surface area (Å²) in [6.07, 6.45) is 2.59. The minimum atomic E-state index is -0.0421. The van der Waals surface area contributed by atoms with Crippen molar-refractivity contribution in [3.8, 4) is 11.5 Å². The van der Waals surface area contributed by atoms with E-state index in [0.717, 1.165) is 54.2 Å². The van der Waals surface area contributed by atoms with Crippen LogP contribution in [0.1, 0.15) is 35.6 Å². The predicted octanol–water partition coefficient (Wildman–Crippen LogP) is 4.44. The zero-order valence-corrected chi connectivity index (χ0v) is 21.8. The fraction of sp³-hybridized carbons (Fsp3) is 0.355. The Hall–Kier alpha value is -3.64. The molecule has 2 amide bonds. The van der Waals surface area contributed by atoms with Crippen molar-refractivity contribution in [1.29, 1.82) is 0 Å². The van der Waals surface area contributed by atoms with Crippen LogP contribution in [0.4, 0.5) is 0 Å². The van der Waals surface area contributed by atoms with Gasteiger partial charge in [0.05, 0.1) is 0 Å². The number of piperazine rings is 1. The molecule has 1 aliphatic heterocycles. The van der Waals surface area contributed by atoms with Crippen molar-refractivity contribution in [2.24, 2.45) is 0 Å². The van der Waals surface area contributed by atoms with Gasteiger partial charge in [0.25, 0.3) is 0 Å². The Kier molecular flexibility index (Phi) is 9.33. The zero-order chi connectivity index (χ0) is 26.0. The van der Waals surface area contributed by atoms with Gasteiger partial charge in [0.1, 0.15) is 11.5 Å². The molecule has 0 aliphatic carbocycles.